The van der Waals surface area contributed by atoms with Crippen LogP contribution >= 0.6 is 0 Å². The summed E-state index contributed by atoms with van der Waals surface area (Å²) in [5, 5.41) is 80.8. The standard InChI is InChI=1S/C66H102FN15O19/c1-13-34(8)45-59(94)80-46(35(9)84)58(93)72-29-44(85)78-48(51(87)53(68)88)61(96)76-43(30-83)63(98)100-52(36-20-15-14-16-21-36)49(82-57(92)41(27-32(4)5)74-56(91)42(77-65(99)101-66(10,11)12)28-37-22-17-18-23-38(37)67)62(97)81-47(50(86)33(6)7)60(95)75-40(26-31(2)3)55(90)73-39(54(89)79-45)24-19-25-71-64(69)70/h14-18,20-23,31-35,39-43,45-52,83-84,86-87H,13,19,24-30H2,1-12H3,(H2,68,88)(H,72,93)(H,73,90)(H,74,91)(H,75,95)(H,76,96)(H,77,99)(H,78,85)(H,79,89)(H,80,94)(H,81,97)(H,82,92)(H4,69,70,71)/t34-,35-,39+,40-,41-,42+,43-,45?,46?,47-,48-,49-,50+,51-,52+/m0/s1. The van der Waals surface area contributed by atoms with Gasteiger partial charge in [0.1, 0.15) is 65.8 Å². The molecule has 0 bridgehead atoms. The topological polar surface area (TPSA) is 542 Å². The fourth-order valence-electron chi connectivity index (χ4n) is 10.2. The van der Waals surface area contributed by atoms with E-state index in [-0.39, 0.29) is 49.8 Å². The highest BCUT2D eigenvalue weighted by molar-refractivity contribution is 6.00. The van der Waals surface area contributed by atoms with E-state index in [9.17, 15) is 68.4 Å². The van der Waals surface area contributed by atoms with E-state index in [0.717, 1.165) is 13.0 Å². The molecule has 12 amide bonds. The minimum absolute atomic E-state index is 0.0145. The quantitative estimate of drug-likeness (QED) is 0.0212. The van der Waals surface area contributed by atoms with E-state index in [1.54, 1.807) is 62.3 Å². The van der Waals surface area contributed by atoms with Gasteiger partial charge in [0.25, 0.3) is 0 Å². The highest BCUT2D eigenvalue weighted by atomic mass is 19.1. The number of ether oxygens (including phenoxy) is 2. The molecule has 1 fully saturated rings. The lowest BCUT2D eigenvalue weighted by Crippen LogP contribution is -2.64. The van der Waals surface area contributed by atoms with E-state index >= 15 is 18.8 Å². The number of aliphatic hydroxyl groups excluding tert-OH is 4. The number of primary amides is 1. The number of benzene rings is 2. The zero-order valence-corrected chi connectivity index (χ0v) is 58.9. The summed E-state index contributed by atoms with van der Waals surface area (Å²) in [6.07, 6.45) is -10.4. The second-order valence-corrected chi connectivity index (χ2v) is 26.8. The highest BCUT2D eigenvalue weighted by Crippen LogP contribution is 2.25. The Morgan fingerprint density at radius 1 is 0.673 bits per heavy atom. The molecule has 3 rings (SSSR count). The van der Waals surface area contributed by atoms with Crippen LogP contribution in [0.4, 0.5) is 9.18 Å². The van der Waals surface area contributed by atoms with Crippen LogP contribution in [-0.2, 0) is 73.4 Å². The first-order chi connectivity index (χ1) is 47.2. The van der Waals surface area contributed by atoms with Crippen LogP contribution in [0, 0.1) is 34.9 Å². The molecule has 1 saturated heterocycles. The Hall–Kier alpha value is -9.61. The van der Waals surface area contributed by atoms with E-state index in [2.05, 4.69) is 53.2 Å². The van der Waals surface area contributed by atoms with Crippen molar-refractivity contribution in [2.75, 3.05) is 19.7 Å². The molecule has 0 saturated carbocycles. The molecule has 2 unspecified atom stereocenters. The average Bonchev–Trinajstić information content (AvgIpc) is 0.818. The van der Waals surface area contributed by atoms with Crippen LogP contribution in [0.1, 0.15) is 132 Å². The maximum Gasteiger partial charge on any atom is 0.408 e. The van der Waals surface area contributed by atoms with Gasteiger partial charge in [-0.2, -0.15) is 0 Å². The zero-order valence-electron chi connectivity index (χ0n) is 58.9. The number of halogens is 1. The monoisotopic (exact) mass is 1430 g/mol. The van der Waals surface area contributed by atoms with Crippen LogP contribution < -0.4 is 75.3 Å². The molecule has 1 aliphatic rings. The number of rotatable bonds is 24. The zero-order chi connectivity index (χ0) is 76.3. The van der Waals surface area contributed by atoms with E-state index in [4.69, 9.17) is 26.4 Å². The number of cyclic esters (lactones) is 1. The van der Waals surface area contributed by atoms with Crippen LogP contribution in [0.3, 0.4) is 0 Å². The Morgan fingerprint density at radius 2 is 1.24 bits per heavy atom. The van der Waals surface area contributed by atoms with E-state index in [0.29, 0.717) is 0 Å². The van der Waals surface area contributed by atoms with Gasteiger partial charge in [0.05, 0.1) is 25.4 Å². The van der Waals surface area contributed by atoms with Crippen molar-refractivity contribution in [3.63, 3.8) is 0 Å². The van der Waals surface area contributed by atoms with Gasteiger partial charge < -0.3 is 105 Å². The minimum Gasteiger partial charge on any atom is -0.453 e. The van der Waals surface area contributed by atoms with E-state index < -0.39 is 222 Å². The second kappa shape index (κ2) is 40.6. The summed E-state index contributed by atoms with van der Waals surface area (Å²) < 4.78 is 26.6. The van der Waals surface area contributed by atoms with Crippen LogP contribution in [0.2, 0.25) is 0 Å². The fraction of sp³-hybridized carbons (Fsp3) is 0.606. The number of aliphatic hydroxyl groups is 4. The van der Waals surface area contributed by atoms with Crippen LogP contribution in [-0.4, -0.2) is 207 Å². The first-order valence-corrected chi connectivity index (χ1v) is 33.2. The van der Waals surface area contributed by atoms with Crippen molar-refractivity contribution in [3.05, 3.63) is 71.5 Å². The highest BCUT2D eigenvalue weighted by Gasteiger charge is 2.44. The Bertz CT molecular complexity index is 3210. The van der Waals surface area contributed by atoms with Gasteiger partial charge in [-0.3, -0.25) is 58.1 Å². The lowest BCUT2D eigenvalue weighted by Gasteiger charge is -2.34. The Balaban J connectivity index is 2.45. The third-order valence-electron chi connectivity index (χ3n) is 15.8. The lowest BCUT2D eigenvalue weighted by molar-refractivity contribution is -0.159. The molecule has 15 atom stereocenters. The minimum atomic E-state index is -2.62. The van der Waals surface area contributed by atoms with Gasteiger partial charge >= 0.3 is 12.1 Å². The molecule has 2 aromatic carbocycles. The van der Waals surface area contributed by atoms with Gasteiger partial charge in [0.2, 0.25) is 65.0 Å². The predicted molar refractivity (Wildman–Crippen MR) is 361 cm³/mol. The Morgan fingerprint density at radius 3 is 1.79 bits per heavy atom. The molecule has 101 heavy (non-hydrogen) atoms. The summed E-state index contributed by atoms with van der Waals surface area (Å²) in [5.74, 6) is -19.4. The van der Waals surface area contributed by atoms with Crippen molar-refractivity contribution in [2.45, 2.75) is 212 Å². The molecular formula is C66H102FN15O19. The van der Waals surface area contributed by atoms with Crippen molar-refractivity contribution >= 4 is 83.0 Å². The van der Waals surface area contributed by atoms with Crippen LogP contribution in [0.25, 0.3) is 0 Å². The van der Waals surface area contributed by atoms with Gasteiger partial charge in [-0.25, -0.2) is 14.0 Å². The largest absolute Gasteiger partial charge is 0.453 e. The molecule has 562 valence electrons. The van der Waals surface area contributed by atoms with Gasteiger partial charge in [-0.05, 0) is 94.2 Å². The first-order valence-electron chi connectivity index (χ1n) is 33.2. The summed E-state index contributed by atoms with van der Waals surface area (Å²) in [5.41, 5.74) is 9.57. The molecule has 2 aromatic rings. The Kier molecular flexibility index (Phi) is 34.4. The molecular weight excluding hydrogens is 1330 g/mol. The van der Waals surface area contributed by atoms with Gasteiger partial charge in [0.15, 0.2) is 24.2 Å². The van der Waals surface area contributed by atoms with E-state index in [1.807, 2.05) is 10.6 Å². The van der Waals surface area contributed by atoms with Crippen molar-refractivity contribution in [2.24, 2.45) is 35.1 Å². The average molecular weight is 1430 g/mol. The second-order valence-electron chi connectivity index (χ2n) is 26.8. The first kappa shape index (κ1) is 85.6. The Labute approximate surface area is 585 Å². The maximum atomic E-state index is 15.6. The number of nitrogens with two attached hydrogens (primary N) is 2. The predicted octanol–water partition coefficient (Wildman–Crippen LogP) is -3.32. The van der Waals surface area contributed by atoms with E-state index in [1.165, 1.54) is 62.4 Å². The molecule has 0 spiro atoms. The number of esters is 1. The summed E-state index contributed by atoms with van der Waals surface area (Å²) in [6, 6.07) is -7.01. The fourth-order valence-corrected chi connectivity index (χ4v) is 10.2. The summed E-state index contributed by atoms with van der Waals surface area (Å²) in [7, 11) is 0. The lowest BCUT2D eigenvalue weighted by atomic mass is 9.95. The summed E-state index contributed by atoms with van der Waals surface area (Å²) in [6.45, 7) is 15.9. The molecule has 0 aliphatic carbocycles. The third kappa shape index (κ3) is 28.1. The maximum absolute atomic E-state index is 15.6. The number of alkyl carbamates (subject to hydrolysis) is 1. The van der Waals surface area contributed by atoms with Gasteiger partial charge in [-0.15, -0.1) is 0 Å². The van der Waals surface area contributed by atoms with Crippen LogP contribution in [0.15, 0.2) is 54.6 Å². The molecule has 21 N–H and O–H groups in total. The number of nitrogens with one attached hydrogen (secondary N) is 13. The smallest absolute Gasteiger partial charge is 0.408 e. The number of hydrogen-bond donors (Lipinski definition) is 19. The number of carbonyl (C=O) groups excluding carboxylic acids is 13. The molecule has 0 aromatic heterocycles. The number of carbonyl (C=O) groups is 13. The molecule has 35 heteroatoms. The van der Waals surface area contributed by atoms with Crippen molar-refractivity contribution < 1.29 is 96.6 Å². The van der Waals surface area contributed by atoms with Gasteiger partial charge in [0, 0.05) is 13.0 Å². The SMILES string of the molecule is CC[C@H](C)C1NC(=O)[C@@H](CCCNC(=N)N)NC(=O)[C@H](CC(C)C)NC(=O)[C@H]([C@H](O)C(C)C)NC(=O)[C@@H](NC(=O)[C@H](CC(C)C)NC(=O)[C@@H](Cc2ccccc2F)NC(=O)OC(C)(C)C)[C@@H](c2ccccc2)OC(=O)[C@H](CO)NC(=O)[C@H]([C@H](O)C(N)=O)NC(=O)CNC(=O)C([C@H](C)O)NC1=O. The summed E-state index contributed by atoms with van der Waals surface area (Å²) in [4.78, 5) is 186. The van der Waals surface area contributed by atoms with Gasteiger partial charge in [-0.1, -0.05) is 110 Å². The van der Waals surface area contributed by atoms with Crippen molar-refractivity contribution in [3.8, 4) is 0 Å². The molecule has 1 aliphatic heterocycles. The normalized spacial score (nSPS) is 23.3. The van der Waals surface area contributed by atoms with Crippen molar-refractivity contribution in [1.82, 2.24) is 63.8 Å². The molecule has 0 radical (unpaired) electrons. The number of amides is 12. The number of hydrogen-bond acceptors (Lipinski definition) is 20. The molecule has 34 nitrogen and oxygen atoms in total. The third-order valence-corrected chi connectivity index (χ3v) is 15.8. The number of guanidine groups is 1. The van der Waals surface area contributed by atoms with Crippen LogP contribution in [0.5, 0.6) is 0 Å². The molecule has 1 heterocycles. The van der Waals surface area contributed by atoms with Crippen molar-refractivity contribution in [1.29, 1.82) is 5.41 Å². The summed E-state index contributed by atoms with van der Waals surface area (Å²) >= 11 is 0.